The maximum absolute atomic E-state index is 11.0. The average molecular weight is 276 g/mol. The van der Waals surface area contributed by atoms with Crippen LogP contribution in [0.15, 0.2) is 6.20 Å². The Kier molecular flexibility index (Phi) is 3.54. The molecule has 0 saturated heterocycles. The van der Waals surface area contributed by atoms with Gasteiger partial charge in [-0.25, -0.2) is 0 Å². The third-order valence-corrected chi connectivity index (χ3v) is 2.71. The van der Waals surface area contributed by atoms with Crippen LogP contribution in [0.3, 0.4) is 0 Å². The molecule has 1 N–H and O–H groups in total. The summed E-state index contributed by atoms with van der Waals surface area (Å²) in [6, 6.07) is -0.572. The zero-order valence-corrected chi connectivity index (χ0v) is 10.9. The molecule has 6 heteroatoms. The Morgan fingerprint density at radius 1 is 1.67 bits per heavy atom. The third-order valence-electron chi connectivity index (χ3n) is 2.24. The van der Waals surface area contributed by atoms with Gasteiger partial charge in [-0.3, -0.25) is 0 Å². The van der Waals surface area contributed by atoms with Crippen LogP contribution in [0.25, 0.3) is 0 Å². The van der Waals surface area contributed by atoms with Crippen LogP contribution in [0.1, 0.15) is 5.69 Å². The molecule has 0 spiro atoms. The summed E-state index contributed by atoms with van der Waals surface area (Å²) in [6.07, 6.45) is 2.05. The van der Waals surface area contributed by atoms with E-state index in [1.165, 1.54) is 0 Å². The van der Waals surface area contributed by atoms with Crippen LogP contribution in [-0.2, 0) is 11.2 Å². The molecule has 1 heterocycles. The SMILES string of the molecule is C[N+](C)(C)C(Cc1cnc([SeH])[nH]1)C(=O)[O-]. The van der Waals surface area contributed by atoms with Gasteiger partial charge in [0.2, 0.25) is 0 Å². The van der Waals surface area contributed by atoms with E-state index in [-0.39, 0.29) is 0 Å². The second-order valence-electron chi connectivity index (χ2n) is 4.39. The molecule has 0 aromatic carbocycles. The van der Waals surface area contributed by atoms with Gasteiger partial charge in [-0.2, -0.15) is 0 Å². The van der Waals surface area contributed by atoms with Crippen molar-refractivity contribution in [3.8, 4) is 0 Å². The minimum absolute atomic E-state index is 0.329. The first kappa shape index (κ1) is 12.2. The zero-order chi connectivity index (χ0) is 11.6. The van der Waals surface area contributed by atoms with Gasteiger partial charge in [0, 0.05) is 0 Å². The van der Waals surface area contributed by atoms with Crippen molar-refractivity contribution in [3.05, 3.63) is 11.9 Å². The van der Waals surface area contributed by atoms with E-state index in [4.69, 9.17) is 0 Å². The van der Waals surface area contributed by atoms with E-state index in [0.717, 1.165) is 10.4 Å². The quantitative estimate of drug-likeness (QED) is 0.481. The van der Waals surface area contributed by atoms with Crippen molar-refractivity contribution in [2.75, 3.05) is 21.1 Å². The molecule has 1 unspecified atom stereocenters. The number of aromatic amines is 1. The summed E-state index contributed by atoms with van der Waals surface area (Å²) in [4.78, 5) is 18.0. The molecule has 1 aromatic heterocycles. The molecule has 0 fully saturated rings. The molecule has 15 heavy (non-hydrogen) atoms. The topological polar surface area (TPSA) is 68.8 Å². The second kappa shape index (κ2) is 4.35. The van der Waals surface area contributed by atoms with Gasteiger partial charge in [-0.05, 0) is 0 Å². The van der Waals surface area contributed by atoms with E-state index in [1.807, 2.05) is 21.1 Å². The van der Waals surface area contributed by atoms with Crippen LogP contribution in [0, 0.1) is 0 Å². The number of aromatic nitrogens is 2. The number of aliphatic carboxylic acids is 1. The number of rotatable bonds is 4. The zero-order valence-electron chi connectivity index (χ0n) is 9.02. The number of hydrogen-bond acceptors (Lipinski definition) is 3. The fourth-order valence-electron chi connectivity index (χ4n) is 1.33. The van der Waals surface area contributed by atoms with Crippen molar-refractivity contribution in [1.82, 2.24) is 9.97 Å². The fraction of sp³-hybridized carbons (Fsp3) is 0.556. The number of carbonyl (C=O) groups excluding carboxylic acids is 1. The molecule has 5 nitrogen and oxygen atoms in total. The Labute approximate surface area is 96.9 Å². The van der Waals surface area contributed by atoms with Gasteiger partial charge in [0.25, 0.3) is 0 Å². The molecule has 1 atom stereocenters. The monoisotopic (exact) mass is 277 g/mol. The Morgan fingerprint density at radius 3 is 2.60 bits per heavy atom. The van der Waals surface area contributed by atoms with Crippen molar-refractivity contribution in [3.63, 3.8) is 0 Å². The van der Waals surface area contributed by atoms with Gasteiger partial charge < -0.3 is 0 Å². The molecule has 84 valence electrons. The summed E-state index contributed by atoms with van der Waals surface area (Å²) in [5.74, 6) is -1.04. The first-order valence-electron chi connectivity index (χ1n) is 4.55. The molecule has 0 aliphatic rings. The number of carboxylic acids is 1. The minimum atomic E-state index is -1.04. The summed E-state index contributed by atoms with van der Waals surface area (Å²) >= 11 is 2.28. The molecule has 0 saturated carbocycles. The van der Waals surface area contributed by atoms with Gasteiger partial charge in [0.15, 0.2) is 0 Å². The van der Waals surface area contributed by atoms with Gasteiger partial charge in [0.1, 0.15) is 0 Å². The average Bonchev–Trinajstić information content (AvgIpc) is 2.44. The molecular formula is C9H15N3O2Se. The summed E-state index contributed by atoms with van der Waals surface area (Å²) < 4.78 is 1.06. The fourth-order valence-corrected chi connectivity index (χ4v) is 1.76. The van der Waals surface area contributed by atoms with Crippen molar-refractivity contribution in [2.24, 2.45) is 0 Å². The Bertz CT molecular complexity index is 356. The van der Waals surface area contributed by atoms with E-state index in [2.05, 4.69) is 26.0 Å². The van der Waals surface area contributed by atoms with E-state index >= 15 is 0 Å². The second-order valence-corrected chi connectivity index (χ2v) is 5.28. The third kappa shape index (κ3) is 3.34. The van der Waals surface area contributed by atoms with Gasteiger partial charge in [-0.1, -0.05) is 0 Å². The van der Waals surface area contributed by atoms with E-state index in [9.17, 15) is 9.90 Å². The molecular weight excluding hydrogens is 261 g/mol. The first-order valence-corrected chi connectivity index (χ1v) is 5.49. The number of hydrogen-bond donors (Lipinski definition) is 1. The number of imidazole rings is 1. The molecule has 1 rings (SSSR count). The summed E-state index contributed by atoms with van der Waals surface area (Å²) in [5.41, 5.74) is 0.813. The van der Waals surface area contributed by atoms with Crippen LogP contribution in [0.5, 0.6) is 0 Å². The Morgan fingerprint density at radius 2 is 2.27 bits per heavy atom. The molecule has 0 aliphatic carbocycles. The molecule has 0 aliphatic heterocycles. The van der Waals surface area contributed by atoms with Gasteiger partial charge >= 0.3 is 96.6 Å². The number of quaternary nitrogens is 1. The van der Waals surface area contributed by atoms with Crippen molar-refractivity contribution in [1.29, 1.82) is 0 Å². The Hall–Kier alpha value is -0.841. The van der Waals surface area contributed by atoms with E-state index in [0.29, 0.717) is 10.9 Å². The molecule has 0 amide bonds. The first-order chi connectivity index (χ1) is 6.80. The molecule has 0 radical (unpaired) electrons. The summed E-state index contributed by atoms with van der Waals surface area (Å²) in [5, 5.41) is 11.0. The number of carboxylic acid groups (broad SMARTS) is 1. The molecule has 0 bridgehead atoms. The van der Waals surface area contributed by atoms with Crippen LogP contribution in [-0.4, -0.2) is 63.6 Å². The predicted molar refractivity (Wildman–Crippen MR) is 55.9 cm³/mol. The number of H-pyrrole nitrogens is 1. The van der Waals surface area contributed by atoms with Crippen LogP contribution in [0.2, 0.25) is 0 Å². The number of carbonyl (C=O) groups is 1. The Balaban J connectivity index is 2.81. The van der Waals surface area contributed by atoms with Crippen LogP contribution < -0.4 is 9.83 Å². The normalized spacial score (nSPS) is 13.9. The summed E-state index contributed by atoms with van der Waals surface area (Å²) in [7, 11) is 5.50. The number of likely N-dealkylation sites (N-methyl/N-ethyl adjacent to an activating group) is 1. The maximum atomic E-state index is 11.0. The van der Waals surface area contributed by atoms with Crippen molar-refractivity contribution < 1.29 is 14.4 Å². The van der Waals surface area contributed by atoms with Gasteiger partial charge in [0.05, 0.1) is 0 Å². The van der Waals surface area contributed by atoms with E-state index < -0.39 is 12.0 Å². The summed E-state index contributed by atoms with van der Waals surface area (Å²) in [6.45, 7) is 0. The standard InChI is InChI=1S/C9H15N3O2Se/c1-12(2,3)7(8(13)14)4-6-5-10-9(15)11-6/h5,7H,4H2,1-3H3,(H2-,10,11,13,14,15). The number of nitrogens with one attached hydrogen (secondary N) is 1. The molecule has 1 aromatic rings. The van der Waals surface area contributed by atoms with E-state index in [1.54, 1.807) is 6.20 Å². The van der Waals surface area contributed by atoms with Crippen LogP contribution in [0.4, 0.5) is 0 Å². The predicted octanol–water partition coefficient (Wildman–Crippen LogP) is -2.70. The van der Waals surface area contributed by atoms with Crippen LogP contribution >= 0.6 is 0 Å². The van der Waals surface area contributed by atoms with Crippen molar-refractivity contribution >= 4 is 26.7 Å². The number of nitrogens with zero attached hydrogens (tertiary/aromatic N) is 2. The van der Waals surface area contributed by atoms with Crippen molar-refractivity contribution in [2.45, 2.75) is 12.5 Å². The van der Waals surface area contributed by atoms with Gasteiger partial charge in [-0.15, -0.1) is 0 Å².